The fraction of sp³-hybridized carbons (Fsp3) is 0.375. The molecule has 5 heteroatoms. The molecular weight excluding hydrogens is 288 g/mol. The van der Waals surface area contributed by atoms with Gasteiger partial charge in [-0.2, -0.15) is 0 Å². The quantitative estimate of drug-likeness (QED) is 0.836. The van der Waals surface area contributed by atoms with Crippen molar-refractivity contribution in [3.63, 3.8) is 0 Å². The van der Waals surface area contributed by atoms with Crippen LogP contribution < -0.4 is 10.6 Å². The van der Waals surface area contributed by atoms with E-state index in [0.717, 1.165) is 17.7 Å². The van der Waals surface area contributed by atoms with E-state index < -0.39 is 11.5 Å². The fourth-order valence-electron chi connectivity index (χ4n) is 2.90. The monoisotopic (exact) mass is 304 g/mol. The number of carbonyl (C=O) groups is 2. The lowest BCUT2D eigenvalue weighted by molar-refractivity contribution is -0.124. The largest absolute Gasteiger partial charge is 0.327 e. The number of halogens is 1. The highest BCUT2D eigenvalue weighted by molar-refractivity contribution is 6.30. The van der Waals surface area contributed by atoms with Gasteiger partial charge in [-0.25, -0.2) is 4.79 Å². The van der Waals surface area contributed by atoms with E-state index in [4.69, 9.17) is 11.6 Å². The standard InChI is InChI=1S/C16H17ClN2O2/c1-16(2)8-7-11-12(14(16)20)13(19-15(21)18-11)9-3-5-10(17)6-4-9/h3-6,13H,7-8H2,1-2H3,(H2,18,19,21). The Morgan fingerprint density at radius 1 is 1.19 bits per heavy atom. The van der Waals surface area contributed by atoms with Crippen molar-refractivity contribution in [1.29, 1.82) is 0 Å². The van der Waals surface area contributed by atoms with Crippen molar-refractivity contribution < 1.29 is 9.59 Å². The van der Waals surface area contributed by atoms with E-state index in [1.165, 1.54) is 0 Å². The zero-order chi connectivity index (χ0) is 15.2. The highest BCUT2D eigenvalue weighted by atomic mass is 35.5. The first-order valence-electron chi connectivity index (χ1n) is 6.99. The maximum Gasteiger partial charge on any atom is 0.319 e. The third-order valence-electron chi connectivity index (χ3n) is 4.22. The summed E-state index contributed by atoms with van der Waals surface area (Å²) in [6.45, 7) is 3.91. The number of Topliss-reactive ketones (excluding diaryl/α,β-unsaturated/α-hetero) is 1. The highest BCUT2D eigenvalue weighted by Crippen LogP contribution is 2.41. The number of benzene rings is 1. The minimum atomic E-state index is -0.405. The molecule has 0 saturated carbocycles. The number of carbonyl (C=O) groups excluding carboxylic acids is 2. The molecule has 1 aliphatic heterocycles. The van der Waals surface area contributed by atoms with Gasteiger partial charge < -0.3 is 10.6 Å². The second-order valence-corrected chi connectivity index (χ2v) is 6.62. The first-order chi connectivity index (χ1) is 9.88. The van der Waals surface area contributed by atoms with Gasteiger partial charge in [-0.1, -0.05) is 37.6 Å². The summed E-state index contributed by atoms with van der Waals surface area (Å²) in [5, 5.41) is 6.26. The molecule has 1 aromatic carbocycles. The van der Waals surface area contributed by atoms with Gasteiger partial charge >= 0.3 is 6.03 Å². The van der Waals surface area contributed by atoms with Gasteiger partial charge in [0.15, 0.2) is 5.78 Å². The SMILES string of the molecule is CC1(C)CCC2=C(C1=O)C(c1ccc(Cl)cc1)NC(=O)N2. The number of nitrogens with one attached hydrogen (secondary N) is 2. The van der Waals surface area contributed by atoms with Crippen LogP contribution in [0.15, 0.2) is 35.5 Å². The summed E-state index contributed by atoms with van der Waals surface area (Å²) in [4.78, 5) is 24.6. The van der Waals surface area contributed by atoms with Crippen LogP contribution in [0.1, 0.15) is 38.3 Å². The molecule has 2 N–H and O–H groups in total. The maximum absolute atomic E-state index is 12.8. The second-order valence-electron chi connectivity index (χ2n) is 6.19. The first-order valence-corrected chi connectivity index (χ1v) is 7.37. The third-order valence-corrected chi connectivity index (χ3v) is 4.47. The molecule has 1 aromatic rings. The molecule has 4 nitrogen and oxygen atoms in total. The van der Waals surface area contributed by atoms with Gasteiger partial charge in [0.25, 0.3) is 0 Å². The summed E-state index contributed by atoms with van der Waals surface area (Å²) in [7, 11) is 0. The predicted octanol–water partition coefficient (Wildman–Crippen LogP) is 3.34. The normalized spacial score (nSPS) is 24.2. The molecule has 0 bridgehead atoms. The van der Waals surface area contributed by atoms with Crippen molar-refractivity contribution in [2.24, 2.45) is 5.41 Å². The van der Waals surface area contributed by atoms with Crippen LogP contribution in [0.2, 0.25) is 5.02 Å². The molecule has 0 spiro atoms. The molecule has 2 aliphatic rings. The number of hydrogen-bond donors (Lipinski definition) is 2. The van der Waals surface area contributed by atoms with Crippen molar-refractivity contribution in [3.8, 4) is 0 Å². The predicted molar refractivity (Wildman–Crippen MR) is 80.9 cm³/mol. The Morgan fingerprint density at radius 3 is 2.52 bits per heavy atom. The van der Waals surface area contributed by atoms with Crippen molar-refractivity contribution >= 4 is 23.4 Å². The van der Waals surface area contributed by atoms with Gasteiger partial charge in [-0.3, -0.25) is 4.79 Å². The van der Waals surface area contributed by atoms with Crippen molar-refractivity contribution in [3.05, 3.63) is 46.1 Å². The lowest BCUT2D eigenvalue weighted by Crippen LogP contribution is -2.49. The van der Waals surface area contributed by atoms with Crippen LogP contribution in [0.25, 0.3) is 0 Å². The van der Waals surface area contributed by atoms with Crippen LogP contribution in [0.4, 0.5) is 4.79 Å². The van der Waals surface area contributed by atoms with E-state index in [-0.39, 0.29) is 11.8 Å². The number of urea groups is 1. The van der Waals surface area contributed by atoms with Crippen molar-refractivity contribution in [2.45, 2.75) is 32.7 Å². The summed E-state index contributed by atoms with van der Waals surface area (Å²) in [6.07, 6.45) is 1.46. The molecule has 0 radical (unpaired) electrons. The summed E-state index contributed by atoms with van der Waals surface area (Å²) >= 11 is 5.91. The first kappa shape index (κ1) is 14.1. The summed E-state index contributed by atoms with van der Waals surface area (Å²) < 4.78 is 0. The van der Waals surface area contributed by atoms with E-state index in [1.807, 2.05) is 26.0 Å². The molecule has 1 aliphatic carbocycles. The van der Waals surface area contributed by atoms with E-state index in [0.29, 0.717) is 17.0 Å². The fourth-order valence-corrected chi connectivity index (χ4v) is 3.03. The molecule has 0 fully saturated rings. The lowest BCUT2D eigenvalue weighted by Gasteiger charge is -2.38. The van der Waals surface area contributed by atoms with Crippen LogP contribution in [0.3, 0.4) is 0 Å². The van der Waals surface area contributed by atoms with Gasteiger partial charge in [0.05, 0.1) is 6.04 Å². The topological polar surface area (TPSA) is 58.2 Å². The van der Waals surface area contributed by atoms with Crippen LogP contribution >= 0.6 is 11.6 Å². The molecule has 21 heavy (non-hydrogen) atoms. The highest BCUT2D eigenvalue weighted by Gasteiger charge is 2.42. The number of amides is 2. The Morgan fingerprint density at radius 2 is 1.86 bits per heavy atom. The molecule has 110 valence electrons. The Hall–Kier alpha value is -1.81. The van der Waals surface area contributed by atoms with Crippen molar-refractivity contribution in [2.75, 3.05) is 0 Å². The summed E-state index contributed by atoms with van der Waals surface area (Å²) in [5.41, 5.74) is 1.90. The maximum atomic E-state index is 12.8. The van der Waals surface area contributed by atoms with E-state index in [2.05, 4.69) is 10.6 Å². The second kappa shape index (κ2) is 4.88. The third kappa shape index (κ3) is 2.44. The van der Waals surface area contributed by atoms with Gasteiger partial charge in [0, 0.05) is 21.7 Å². The number of allylic oxidation sites excluding steroid dienone is 1. The Bertz CT molecular complexity index is 647. The zero-order valence-electron chi connectivity index (χ0n) is 12.0. The molecular formula is C16H17ClN2O2. The molecule has 1 atom stereocenters. The van der Waals surface area contributed by atoms with Gasteiger partial charge in [-0.15, -0.1) is 0 Å². The smallest absolute Gasteiger partial charge is 0.319 e. The Kier molecular flexibility index (Phi) is 3.29. The van der Waals surface area contributed by atoms with Gasteiger partial charge in [0.1, 0.15) is 0 Å². The lowest BCUT2D eigenvalue weighted by atomic mass is 9.71. The molecule has 1 heterocycles. The average molecular weight is 305 g/mol. The van der Waals surface area contributed by atoms with Gasteiger partial charge in [0.2, 0.25) is 0 Å². The van der Waals surface area contributed by atoms with Gasteiger partial charge in [-0.05, 0) is 30.5 Å². The minimum absolute atomic E-state index is 0.0937. The summed E-state index contributed by atoms with van der Waals surface area (Å²) in [6, 6.07) is 6.56. The molecule has 0 aromatic heterocycles. The van der Waals surface area contributed by atoms with E-state index in [9.17, 15) is 9.59 Å². The molecule has 1 unspecified atom stereocenters. The molecule has 2 amide bonds. The summed E-state index contributed by atoms with van der Waals surface area (Å²) in [5.74, 6) is 0.0937. The number of ketones is 1. The average Bonchev–Trinajstić information content (AvgIpc) is 2.43. The zero-order valence-corrected chi connectivity index (χ0v) is 12.8. The van der Waals surface area contributed by atoms with Crippen LogP contribution in [0.5, 0.6) is 0 Å². The van der Waals surface area contributed by atoms with E-state index in [1.54, 1.807) is 12.1 Å². The molecule has 3 rings (SSSR count). The number of rotatable bonds is 1. The van der Waals surface area contributed by atoms with E-state index >= 15 is 0 Å². The van der Waals surface area contributed by atoms with Crippen LogP contribution in [0, 0.1) is 5.41 Å². The minimum Gasteiger partial charge on any atom is -0.327 e. The number of hydrogen-bond acceptors (Lipinski definition) is 2. The molecule has 0 saturated heterocycles. The Labute approximate surface area is 128 Å². The van der Waals surface area contributed by atoms with Crippen molar-refractivity contribution in [1.82, 2.24) is 10.6 Å². The Balaban J connectivity index is 2.08. The van der Waals surface area contributed by atoms with Crippen LogP contribution in [-0.4, -0.2) is 11.8 Å². The van der Waals surface area contributed by atoms with Crippen LogP contribution in [-0.2, 0) is 4.79 Å².